The molecule has 0 spiro atoms. The molecule has 1 saturated heterocycles. The van der Waals surface area contributed by atoms with Crippen LogP contribution in [0, 0.1) is 3.57 Å². The van der Waals surface area contributed by atoms with E-state index in [1.54, 1.807) is 0 Å². The molecule has 0 bridgehead atoms. The van der Waals surface area contributed by atoms with E-state index >= 15 is 0 Å². The number of benzene rings is 1. The quantitative estimate of drug-likeness (QED) is 0.634. The molecule has 6 heteroatoms. The van der Waals surface area contributed by atoms with Crippen molar-refractivity contribution in [3.05, 3.63) is 33.4 Å². The fourth-order valence-electron chi connectivity index (χ4n) is 2.06. The first-order valence-electron chi connectivity index (χ1n) is 5.76. The van der Waals surface area contributed by atoms with Gasteiger partial charge in [0.2, 0.25) is 5.91 Å². The summed E-state index contributed by atoms with van der Waals surface area (Å²) in [6.45, 7) is -0.0971. The number of carbonyl (C=O) groups excluding carboxylic acids is 2. The molecule has 100 valence electrons. The molecule has 1 N–H and O–H groups in total. The Morgan fingerprint density at radius 2 is 1.95 bits per heavy atom. The highest BCUT2D eigenvalue weighted by Gasteiger charge is 2.36. The Kier molecular flexibility index (Phi) is 4.18. The number of carboxylic acids is 1. The van der Waals surface area contributed by atoms with Gasteiger partial charge < -0.3 is 10.0 Å². The van der Waals surface area contributed by atoms with E-state index in [1.807, 2.05) is 24.3 Å². The van der Waals surface area contributed by atoms with Crippen molar-refractivity contribution >= 4 is 40.3 Å². The number of amides is 1. The number of halogens is 1. The van der Waals surface area contributed by atoms with Crippen LogP contribution in [0.25, 0.3) is 0 Å². The van der Waals surface area contributed by atoms with Gasteiger partial charge in [0.1, 0.15) is 6.04 Å². The molecule has 0 saturated carbocycles. The Hall–Kier alpha value is -1.44. The molecule has 5 nitrogen and oxygen atoms in total. The molecule has 1 amide bonds. The lowest BCUT2D eigenvalue weighted by molar-refractivity contribution is -0.148. The van der Waals surface area contributed by atoms with Gasteiger partial charge in [0.25, 0.3) is 0 Å². The number of aliphatic carboxylic acids is 1. The van der Waals surface area contributed by atoms with Crippen LogP contribution >= 0.6 is 22.6 Å². The van der Waals surface area contributed by atoms with Gasteiger partial charge in [0, 0.05) is 9.99 Å². The minimum atomic E-state index is -1.08. The van der Waals surface area contributed by atoms with Crippen LogP contribution in [0.3, 0.4) is 0 Å². The third-order valence-electron chi connectivity index (χ3n) is 3.02. The Morgan fingerprint density at radius 3 is 2.42 bits per heavy atom. The molecular formula is C13H12INO4. The van der Waals surface area contributed by atoms with Crippen LogP contribution in [0.1, 0.15) is 12.0 Å². The molecule has 0 radical (unpaired) electrons. The normalized spacial score (nSPS) is 16.8. The molecule has 0 aliphatic carbocycles. The SMILES string of the molecule is O=C1CC(=O)N([C@@H](Cc2ccc(I)cc2)C(=O)O)C1. The molecular weight excluding hydrogens is 361 g/mol. The first-order valence-corrected chi connectivity index (χ1v) is 6.83. The van der Waals surface area contributed by atoms with E-state index in [-0.39, 0.29) is 25.2 Å². The van der Waals surface area contributed by atoms with E-state index in [0.717, 1.165) is 14.0 Å². The van der Waals surface area contributed by atoms with Crippen molar-refractivity contribution in [1.29, 1.82) is 0 Å². The summed E-state index contributed by atoms with van der Waals surface area (Å²) in [4.78, 5) is 35.3. The average molecular weight is 373 g/mol. The number of carbonyl (C=O) groups is 3. The summed E-state index contributed by atoms with van der Waals surface area (Å²) in [5, 5.41) is 9.25. The highest BCUT2D eigenvalue weighted by molar-refractivity contribution is 14.1. The summed E-state index contributed by atoms with van der Waals surface area (Å²) in [5.41, 5.74) is 0.833. The van der Waals surface area contributed by atoms with Crippen LogP contribution in [0.15, 0.2) is 24.3 Å². The monoisotopic (exact) mass is 373 g/mol. The maximum absolute atomic E-state index is 11.6. The van der Waals surface area contributed by atoms with Crippen molar-refractivity contribution in [1.82, 2.24) is 4.90 Å². The maximum atomic E-state index is 11.6. The second-order valence-corrected chi connectivity index (χ2v) is 5.67. The number of likely N-dealkylation sites (tertiary alicyclic amines) is 1. The molecule has 1 aromatic carbocycles. The molecule has 2 rings (SSSR count). The highest BCUT2D eigenvalue weighted by Crippen LogP contribution is 2.16. The number of hydrogen-bond donors (Lipinski definition) is 1. The van der Waals surface area contributed by atoms with E-state index in [0.29, 0.717) is 0 Å². The van der Waals surface area contributed by atoms with Gasteiger partial charge in [-0.3, -0.25) is 9.59 Å². The topological polar surface area (TPSA) is 74.7 Å². The standard InChI is InChI=1S/C13H12INO4/c14-9-3-1-8(2-4-9)5-11(13(18)19)15-7-10(16)6-12(15)17/h1-4,11H,5-7H2,(H,18,19)/t11-/m0/s1. The Balaban J connectivity index is 2.17. The smallest absolute Gasteiger partial charge is 0.326 e. The molecule has 1 aromatic rings. The largest absolute Gasteiger partial charge is 0.480 e. The molecule has 1 fully saturated rings. The third-order valence-corrected chi connectivity index (χ3v) is 3.74. The molecule has 19 heavy (non-hydrogen) atoms. The van der Waals surface area contributed by atoms with Crippen LogP contribution in [-0.2, 0) is 20.8 Å². The molecule has 1 aliphatic rings. The van der Waals surface area contributed by atoms with Gasteiger partial charge in [0.15, 0.2) is 5.78 Å². The average Bonchev–Trinajstić information content (AvgIpc) is 2.67. The second-order valence-electron chi connectivity index (χ2n) is 4.42. The van der Waals surface area contributed by atoms with E-state index in [4.69, 9.17) is 0 Å². The van der Waals surface area contributed by atoms with E-state index in [2.05, 4.69) is 22.6 Å². The van der Waals surface area contributed by atoms with Gasteiger partial charge in [-0.05, 0) is 40.3 Å². The van der Waals surface area contributed by atoms with Gasteiger partial charge in [0.05, 0.1) is 13.0 Å². The lowest BCUT2D eigenvalue weighted by Crippen LogP contribution is -2.43. The highest BCUT2D eigenvalue weighted by atomic mass is 127. The van der Waals surface area contributed by atoms with Crippen molar-refractivity contribution in [3.8, 4) is 0 Å². The molecule has 0 aromatic heterocycles. The van der Waals surface area contributed by atoms with Crippen LogP contribution < -0.4 is 0 Å². The van der Waals surface area contributed by atoms with Crippen molar-refractivity contribution < 1.29 is 19.5 Å². The zero-order valence-corrected chi connectivity index (χ0v) is 12.2. The van der Waals surface area contributed by atoms with Crippen LogP contribution in [0.2, 0.25) is 0 Å². The predicted octanol–water partition coefficient (Wildman–Crippen LogP) is 1.09. The summed E-state index contributed by atoms with van der Waals surface area (Å²) in [6.07, 6.45) is 0.0295. The van der Waals surface area contributed by atoms with E-state index < -0.39 is 17.9 Å². The first-order chi connectivity index (χ1) is 8.97. The Morgan fingerprint density at radius 1 is 1.32 bits per heavy atom. The number of nitrogens with zero attached hydrogens (tertiary/aromatic N) is 1. The van der Waals surface area contributed by atoms with Crippen molar-refractivity contribution in [2.45, 2.75) is 18.9 Å². The molecule has 1 heterocycles. The predicted molar refractivity (Wildman–Crippen MR) is 75.6 cm³/mol. The summed E-state index contributed by atoms with van der Waals surface area (Å²) >= 11 is 2.16. The first kappa shape index (κ1) is 14.0. The fourth-order valence-corrected chi connectivity index (χ4v) is 2.42. The van der Waals surface area contributed by atoms with Crippen LogP contribution in [-0.4, -0.2) is 40.3 Å². The van der Waals surface area contributed by atoms with Crippen molar-refractivity contribution in [2.24, 2.45) is 0 Å². The number of rotatable bonds is 4. The summed E-state index contributed by atoms with van der Waals surface area (Å²) in [5.74, 6) is -1.71. The van der Waals surface area contributed by atoms with Crippen LogP contribution in [0.4, 0.5) is 0 Å². The lowest BCUT2D eigenvalue weighted by atomic mass is 10.1. The summed E-state index contributed by atoms with van der Waals surface area (Å²) in [6, 6.07) is 6.46. The second kappa shape index (κ2) is 5.68. The van der Waals surface area contributed by atoms with Crippen LogP contribution in [0.5, 0.6) is 0 Å². The molecule has 1 atom stereocenters. The zero-order valence-electron chi connectivity index (χ0n) is 10.0. The fraction of sp³-hybridized carbons (Fsp3) is 0.308. The zero-order chi connectivity index (χ0) is 14.0. The number of Topliss-reactive ketones (excluding diaryl/α,β-unsaturated/α-hetero) is 1. The Labute approximate surface area is 123 Å². The molecule has 1 aliphatic heterocycles. The van der Waals surface area contributed by atoms with E-state index in [9.17, 15) is 19.5 Å². The maximum Gasteiger partial charge on any atom is 0.326 e. The third kappa shape index (κ3) is 3.31. The van der Waals surface area contributed by atoms with Gasteiger partial charge in [-0.25, -0.2) is 4.79 Å². The number of ketones is 1. The Bertz CT molecular complexity index is 526. The minimum absolute atomic E-state index is 0.0971. The molecule has 0 unspecified atom stereocenters. The summed E-state index contributed by atoms with van der Waals surface area (Å²) in [7, 11) is 0. The number of carboxylic acid groups (broad SMARTS) is 1. The van der Waals surface area contributed by atoms with Crippen molar-refractivity contribution in [3.63, 3.8) is 0 Å². The van der Waals surface area contributed by atoms with Gasteiger partial charge >= 0.3 is 5.97 Å². The number of hydrogen-bond acceptors (Lipinski definition) is 3. The van der Waals surface area contributed by atoms with E-state index in [1.165, 1.54) is 0 Å². The summed E-state index contributed by atoms with van der Waals surface area (Å²) < 4.78 is 1.06. The van der Waals surface area contributed by atoms with Crippen molar-refractivity contribution in [2.75, 3.05) is 6.54 Å². The minimum Gasteiger partial charge on any atom is -0.480 e. The van der Waals surface area contributed by atoms with Gasteiger partial charge in [-0.1, -0.05) is 12.1 Å². The van der Waals surface area contributed by atoms with Gasteiger partial charge in [-0.2, -0.15) is 0 Å². The lowest BCUT2D eigenvalue weighted by Gasteiger charge is -2.23. The van der Waals surface area contributed by atoms with Gasteiger partial charge in [-0.15, -0.1) is 0 Å².